The van der Waals surface area contributed by atoms with Crippen LogP contribution in [0.1, 0.15) is 36.0 Å². The lowest BCUT2D eigenvalue weighted by Crippen LogP contribution is -2.28. The van der Waals surface area contributed by atoms with Gasteiger partial charge in [0.2, 0.25) is 5.91 Å². The third kappa shape index (κ3) is 4.59. The molecule has 1 amide bonds. The minimum absolute atomic E-state index is 0.0305. The molecule has 0 bridgehead atoms. The van der Waals surface area contributed by atoms with E-state index < -0.39 is 11.6 Å². The molecule has 0 atom stereocenters. The number of phenols is 1. The molecule has 156 valence electrons. The Morgan fingerprint density at radius 1 is 1.31 bits per heavy atom. The van der Waals surface area contributed by atoms with E-state index in [0.717, 1.165) is 19.4 Å². The van der Waals surface area contributed by atoms with E-state index in [1.165, 1.54) is 7.11 Å². The van der Waals surface area contributed by atoms with E-state index >= 15 is 0 Å². The predicted molar refractivity (Wildman–Crippen MR) is 107 cm³/mol. The fourth-order valence-corrected chi connectivity index (χ4v) is 3.64. The standard InChI is InChI=1S/C21H26N2O6/c1-13-14-6-7-17(24)16(12-22-8-4-10-23-9-3-5-18(23)25)20(14)29-21(27)15(13)11-19(26)28-2/h6-7,22,24H,3-5,8-12H2,1-2H3. The third-order valence-corrected chi connectivity index (χ3v) is 5.34. The first kappa shape index (κ1) is 20.9. The van der Waals surface area contributed by atoms with Gasteiger partial charge in [-0.25, -0.2) is 4.79 Å². The molecule has 2 heterocycles. The Balaban J connectivity index is 1.73. The maximum absolute atomic E-state index is 12.4. The molecule has 1 aliphatic heterocycles. The summed E-state index contributed by atoms with van der Waals surface area (Å²) < 4.78 is 10.1. The Morgan fingerprint density at radius 3 is 2.79 bits per heavy atom. The molecule has 0 saturated carbocycles. The summed E-state index contributed by atoms with van der Waals surface area (Å²) in [6, 6.07) is 3.23. The van der Waals surface area contributed by atoms with E-state index in [9.17, 15) is 19.5 Å². The minimum atomic E-state index is -0.611. The lowest BCUT2D eigenvalue weighted by Gasteiger charge is -2.16. The number of rotatable bonds is 8. The average Bonchev–Trinajstić information content (AvgIpc) is 3.11. The highest BCUT2D eigenvalue weighted by Gasteiger charge is 2.20. The Morgan fingerprint density at radius 2 is 2.10 bits per heavy atom. The number of nitrogens with zero attached hydrogens (tertiary/aromatic N) is 1. The van der Waals surface area contributed by atoms with Crippen molar-refractivity contribution >= 4 is 22.8 Å². The van der Waals surface area contributed by atoms with Crippen LogP contribution in [0.5, 0.6) is 5.75 Å². The van der Waals surface area contributed by atoms with Gasteiger partial charge < -0.3 is 24.5 Å². The highest BCUT2D eigenvalue weighted by Crippen LogP contribution is 2.29. The number of fused-ring (bicyclic) bond motifs is 1. The van der Waals surface area contributed by atoms with Crippen LogP contribution in [0.2, 0.25) is 0 Å². The van der Waals surface area contributed by atoms with Gasteiger partial charge >= 0.3 is 11.6 Å². The summed E-state index contributed by atoms with van der Waals surface area (Å²) in [6.45, 7) is 4.25. The molecule has 8 heteroatoms. The van der Waals surface area contributed by atoms with Crippen LogP contribution in [0.4, 0.5) is 0 Å². The van der Waals surface area contributed by atoms with Crippen LogP contribution in [0, 0.1) is 6.92 Å². The molecule has 1 fully saturated rings. The van der Waals surface area contributed by atoms with Crippen molar-refractivity contribution in [1.29, 1.82) is 0 Å². The van der Waals surface area contributed by atoms with E-state index in [1.54, 1.807) is 19.1 Å². The van der Waals surface area contributed by atoms with Crippen LogP contribution in [0.25, 0.3) is 11.0 Å². The summed E-state index contributed by atoms with van der Waals surface area (Å²) in [6.07, 6.45) is 2.19. The molecule has 0 radical (unpaired) electrons. The molecule has 0 spiro atoms. The number of phenolic OH excluding ortho intramolecular Hbond substituents is 1. The van der Waals surface area contributed by atoms with Crippen LogP contribution >= 0.6 is 0 Å². The van der Waals surface area contributed by atoms with Crippen LogP contribution < -0.4 is 10.9 Å². The van der Waals surface area contributed by atoms with Gasteiger partial charge in [0.25, 0.3) is 0 Å². The van der Waals surface area contributed by atoms with E-state index in [0.29, 0.717) is 48.2 Å². The molecule has 3 rings (SSSR count). The number of ether oxygens (including phenoxy) is 1. The fourth-order valence-electron chi connectivity index (χ4n) is 3.64. The molecule has 1 aromatic carbocycles. The van der Waals surface area contributed by atoms with Crippen molar-refractivity contribution in [2.75, 3.05) is 26.7 Å². The van der Waals surface area contributed by atoms with Crippen LogP contribution in [-0.4, -0.2) is 48.6 Å². The first-order valence-corrected chi connectivity index (χ1v) is 9.74. The van der Waals surface area contributed by atoms with Crippen molar-refractivity contribution in [1.82, 2.24) is 10.2 Å². The third-order valence-electron chi connectivity index (χ3n) is 5.34. The van der Waals surface area contributed by atoms with Crippen molar-refractivity contribution in [2.24, 2.45) is 0 Å². The highest BCUT2D eigenvalue weighted by atomic mass is 16.5. The van der Waals surface area contributed by atoms with E-state index in [1.807, 2.05) is 4.90 Å². The first-order chi connectivity index (χ1) is 13.9. The number of esters is 1. The van der Waals surface area contributed by atoms with Crippen LogP contribution in [0.3, 0.4) is 0 Å². The number of benzene rings is 1. The summed E-state index contributed by atoms with van der Waals surface area (Å²) in [4.78, 5) is 37.5. The molecule has 1 aromatic heterocycles. The molecular formula is C21H26N2O6. The topological polar surface area (TPSA) is 109 Å². The first-order valence-electron chi connectivity index (χ1n) is 9.74. The molecule has 1 saturated heterocycles. The number of hydrogen-bond donors (Lipinski definition) is 2. The van der Waals surface area contributed by atoms with Crippen molar-refractivity contribution in [3.05, 3.63) is 39.2 Å². The van der Waals surface area contributed by atoms with Gasteiger partial charge in [0.05, 0.1) is 24.7 Å². The Bertz CT molecular complexity index is 981. The number of amides is 1. The summed E-state index contributed by atoms with van der Waals surface area (Å²) in [5, 5.41) is 14.2. The van der Waals surface area contributed by atoms with Crippen molar-refractivity contribution in [3.63, 3.8) is 0 Å². The summed E-state index contributed by atoms with van der Waals surface area (Å²) in [5.74, 6) is -0.281. The molecule has 1 aliphatic rings. The minimum Gasteiger partial charge on any atom is -0.507 e. The quantitative estimate of drug-likeness (QED) is 0.392. The maximum Gasteiger partial charge on any atom is 0.340 e. The molecule has 2 aromatic rings. The molecule has 0 unspecified atom stereocenters. The summed E-state index contributed by atoms with van der Waals surface area (Å²) in [7, 11) is 1.27. The summed E-state index contributed by atoms with van der Waals surface area (Å²) >= 11 is 0. The monoisotopic (exact) mass is 402 g/mol. The molecule has 0 aliphatic carbocycles. The van der Waals surface area contributed by atoms with Crippen LogP contribution in [-0.2, 0) is 27.3 Å². The maximum atomic E-state index is 12.4. The smallest absolute Gasteiger partial charge is 0.340 e. The second-order valence-corrected chi connectivity index (χ2v) is 7.20. The fraction of sp³-hybridized carbons (Fsp3) is 0.476. The SMILES string of the molecule is COC(=O)Cc1c(C)c2ccc(O)c(CNCCCN3CCCC3=O)c2oc1=O. The number of aryl methyl sites for hydroxylation is 1. The highest BCUT2D eigenvalue weighted by molar-refractivity contribution is 5.87. The van der Waals surface area contributed by atoms with Crippen LogP contribution in [0.15, 0.2) is 21.3 Å². The Kier molecular flexibility index (Phi) is 6.53. The van der Waals surface area contributed by atoms with Gasteiger partial charge in [0, 0.05) is 31.4 Å². The number of hydrogen-bond acceptors (Lipinski definition) is 7. The van der Waals surface area contributed by atoms with Gasteiger partial charge in [-0.05, 0) is 44.0 Å². The molecule has 29 heavy (non-hydrogen) atoms. The number of nitrogens with one attached hydrogen (secondary N) is 1. The number of carbonyl (C=O) groups is 2. The van der Waals surface area contributed by atoms with Gasteiger partial charge in [0.1, 0.15) is 11.3 Å². The normalized spacial score (nSPS) is 14.0. The van der Waals surface area contributed by atoms with E-state index in [2.05, 4.69) is 10.1 Å². The van der Waals surface area contributed by atoms with Crippen molar-refractivity contribution in [3.8, 4) is 5.75 Å². The Labute approximate surface area is 168 Å². The zero-order valence-electron chi connectivity index (χ0n) is 16.7. The molecule has 2 N–H and O–H groups in total. The number of carbonyl (C=O) groups excluding carboxylic acids is 2. The molecular weight excluding hydrogens is 376 g/mol. The molecule has 8 nitrogen and oxygen atoms in total. The largest absolute Gasteiger partial charge is 0.507 e. The van der Waals surface area contributed by atoms with Gasteiger partial charge in [-0.2, -0.15) is 0 Å². The summed E-state index contributed by atoms with van der Waals surface area (Å²) in [5.41, 5.74) is 1.08. The lowest BCUT2D eigenvalue weighted by atomic mass is 10.0. The lowest BCUT2D eigenvalue weighted by molar-refractivity contribution is -0.139. The number of aromatic hydroxyl groups is 1. The second kappa shape index (κ2) is 9.09. The zero-order valence-corrected chi connectivity index (χ0v) is 16.7. The van der Waals surface area contributed by atoms with Gasteiger partial charge in [-0.3, -0.25) is 9.59 Å². The Hall–Kier alpha value is -2.87. The van der Waals surface area contributed by atoms with Gasteiger partial charge in [0.15, 0.2) is 0 Å². The van der Waals surface area contributed by atoms with E-state index in [4.69, 9.17) is 4.42 Å². The van der Waals surface area contributed by atoms with Gasteiger partial charge in [-0.1, -0.05) is 0 Å². The van der Waals surface area contributed by atoms with E-state index in [-0.39, 0.29) is 23.6 Å². The zero-order chi connectivity index (χ0) is 21.0. The van der Waals surface area contributed by atoms with Crippen molar-refractivity contribution in [2.45, 2.75) is 39.2 Å². The predicted octanol–water partition coefficient (Wildman–Crippen LogP) is 1.62. The number of likely N-dealkylation sites (tertiary alicyclic amines) is 1. The van der Waals surface area contributed by atoms with Gasteiger partial charge in [-0.15, -0.1) is 0 Å². The second-order valence-electron chi connectivity index (χ2n) is 7.20. The van der Waals surface area contributed by atoms with Crippen molar-refractivity contribution < 1.29 is 23.8 Å². The number of methoxy groups -OCH3 is 1. The average molecular weight is 402 g/mol.